The lowest BCUT2D eigenvalue weighted by atomic mass is 10.3. The summed E-state index contributed by atoms with van der Waals surface area (Å²) < 4.78 is 13.8. The molecule has 1 heterocycles. The molecule has 0 fully saturated rings. The summed E-state index contributed by atoms with van der Waals surface area (Å²) in [5.74, 6) is 0.212. The van der Waals surface area contributed by atoms with Crippen molar-refractivity contribution >= 4 is 52.1 Å². The molecule has 0 unspecified atom stereocenters. The van der Waals surface area contributed by atoms with Gasteiger partial charge in [-0.2, -0.15) is 0 Å². The predicted octanol–water partition coefficient (Wildman–Crippen LogP) is 5.36. The summed E-state index contributed by atoms with van der Waals surface area (Å²) in [7, 11) is 0. The maximum atomic E-state index is 13.8. The fourth-order valence-corrected chi connectivity index (χ4v) is 2.22. The SMILES string of the molecule is CCNc1nc(Nc2cccc(Cl)c2F)c(Cl)cc1Cl. The summed E-state index contributed by atoms with van der Waals surface area (Å²) in [6, 6.07) is 6.17. The van der Waals surface area contributed by atoms with E-state index in [1.807, 2.05) is 6.92 Å². The monoisotopic (exact) mass is 333 g/mol. The number of pyridine rings is 1. The summed E-state index contributed by atoms with van der Waals surface area (Å²) in [6.07, 6.45) is 0. The second kappa shape index (κ2) is 6.48. The van der Waals surface area contributed by atoms with Crippen molar-refractivity contribution in [3.8, 4) is 0 Å². The topological polar surface area (TPSA) is 37.0 Å². The number of hydrogen-bond donors (Lipinski definition) is 2. The van der Waals surface area contributed by atoms with E-state index in [4.69, 9.17) is 34.8 Å². The molecule has 3 nitrogen and oxygen atoms in total. The standard InChI is InChI=1S/C13H11Cl3FN3/c1-2-18-12-8(15)6-9(16)13(20-12)19-10-5-3-4-7(14)11(10)17/h3-6H,2H2,1H3,(H2,18,19,20). The Hall–Kier alpha value is -1.23. The molecule has 0 spiro atoms. The summed E-state index contributed by atoms with van der Waals surface area (Å²) in [5, 5.41) is 6.51. The number of benzene rings is 1. The van der Waals surface area contributed by atoms with E-state index in [0.717, 1.165) is 0 Å². The molecule has 0 aliphatic heterocycles. The third-order valence-electron chi connectivity index (χ3n) is 2.48. The summed E-state index contributed by atoms with van der Waals surface area (Å²) in [5.41, 5.74) is 0.191. The molecule has 2 aromatic rings. The minimum Gasteiger partial charge on any atom is -0.369 e. The van der Waals surface area contributed by atoms with Gasteiger partial charge in [0.05, 0.1) is 20.8 Å². The highest BCUT2D eigenvalue weighted by atomic mass is 35.5. The lowest BCUT2D eigenvalue weighted by Crippen LogP contribution is -2.04. The Labute approximate surface area is 131 Å². The van der Waals surface area contributed by atoms with E-state index in [2.05, 4.69) is 15.6 Å². The van der Waals surface area contributed by atoms with Crippen molar-refractivity contribution in [2.45, 2.75) is 6.92 Å². The molecule has 0 aliphatic carbocycles. The fourth-order valence-electron chi connectivity index (χ4n) is 1.57. The highest BCUT2D eigenvalue weighted by molar-refractivity contribution is 6.37. The number of anilines is 3. The van der Waals surface area contributed by atoms with Gasteiger partial charge in [-0.25, -0.2) is 9.37 Å². The molecule has 2 N–H and O–H groups in total. The zero-order chi connectivity index (χ0) is 14.7. The van der Waals surface area contributed by atoms with Crippen LogP contribution in [0.3, 0.4) is 0 Å². The fraction of sp³-hybridized carbons (Fsp3) is 0.154. The quantitative estimate of drug-likeness (QED) is 0.790. The Bertz CT molecular complexity index is 634. The summed E-state index contributed by atoms with van der Waals surface area (Å²) >= 11 is 17.8. The van der Waals surface area contributed by atoms with Crippen LogP contribution in [0.2, 0.25) is 15.1 Å². The number of aromatic nitrogens is 1. The van der Waals surface area contributed by atoms with Crippen molar-refractivity contribution in [3.05, 3.63) is 45.2 Å². The highest BCUT2D eigenvalue weighted by Gasteiger charge is 2.12. The number of halogens is 4. The van der Waals surface area contributed by atoms with Crippen LogP contribution in [0.1, 0.15) is 6.92 Å². The van der Waals surface area contributed by atoms with Crippen LogP contribution in [-0.2, 0) is 0 Å². The molecule has 20 heavy (non-hydrogen) atoms. The first kappa shape index (κ1) is 15.2. The molecule has 0 atom stereocenters. The molecule has 0 bridgehead atoms. The third kappa shape index (κ3) is 3.26. The Kier molecular flexibility index (Phi) is 4.91. The van der Waals surface area contributed by atoms with Gasteiger partial charge in [0, 0.05) is 6.54 Å². The van der Waals surface area contributed by atoms with Gasteiger partial charge in [0.1, 0.15) is 5.82 Å². The van der Waals surface area contributed by atoms with E-state index in [0.29, 0.717) is 23.2 Å². The zero-order valence-corrected chi connectivity index (χ0v) is 12.7. The lowest BCUT2D eigenvalue weighted by molar-refractivity contribution is 0.632. The van der Waals surface area contributed by atoms with Gasteiger partial charge in [-0.1, -0.05) is 40.9 Å². The van der Waals surface area contributed by atoms with Gasteiger partial charge >= 0.3 is 0 Å². The van der Waals surface area contributed by atoms with E-state index in [-0.39, 0.29) is 15.7 Å². The van der Waals surface area contributed by atoms with Crippen LogP contribution >= 0.6 is 34.8 Å². The first-order chi connectivity index (χ1) is 9.52. The molecule has 0 amide bonds. The molecular formula is C13H11Cl3FN3. The molecule has 2 rings (SSSR count). The second-order valence-corrected chi connectivity index (χ2v) is 5.13. The maximum Gasteiger partial charge on any atom is 0.165 e. The van der Waals surface area contributed by atoms with Gasteiger partial charge in [-0.05, 0) is 25.1 Å². The van der Waals surface area contributed by atoms with E-state index in [9.17, 15) is 4.39 Å². The first-order valence-electron chi connectivity index (χ1n) is 5.84. The molecular weight excluding hydrogens is 324 g/mol. The zero-order valence-electron chi connectivity index (χ0n) is 10.5. The van der Waals surface area contributed by atoms with Crippen molar-refractivity contribution < 1.29 is 4.39 Å². The second-order valence-electron chi connectivity index (χ2n) is 3.91. The summed E-state index contributed by atoms with van der Waals surface area (Å²) in [6.45, 7) is 2.57. The predicted molar refractivity (Wildman–Crippen MR) is 83.1 cm³/mol. The lowest BCUT2D eigenvalue weighted by Gasteiger charge is -2.12. The molecule has 0 saturated carbocycles. The van der Waals surface area contributed by atoms with Crippen LogP contribution < -0.4 is 10.6 Å². The smallest absolute Gasteiger partial charge is 0.165 e. The molecule has 106 valence electrons. The van der Waals surface area contributed by atoms with E-state index in [1.54, 1.807) is 18.2 Å². The van der Waals surface area contributed by atoms with Gasteiger partial charge in [0.25, 0.3) is 0 Å². The van der Waals surface area contributed by atoms with Crippen LogP contribution in [0.4, 0.5) is 21.7 Å². The number of rotatable bonds is 4. The van der Waals surface area contributed by atoms with Gasteiger partial charge in [-0.3, -0.25) is 0 Å². The number of nitrogens with zero attached hydrogens (tertiary/aromatic N) is 1. The van der Waals surface area contributed by atoms with E-state index in [1.165, 1.54) is 6.07 Å². The van der Waals surface area contributed by atoms with Crippen LogP contribution in [-0.4, -0.2) is 11.5 Å². The van der Waals surface area contributed by atoms with Crippen molar-refractivity contribution in [1.82, 2.24) is 4.98 Å². The molecule has 0 radical (unpaired) electrons. The summed E-state index contributed by atoms with van der Waals surface area (Å²) in [4.78, 5) is 4.23. The van der Waals surface area contributed by atoms with Crippen LogP contribution in [0.15, 0.2) is 24.3 Å². The van der Waals surface area contributed by atoms with E-state index < -0.39 is 5.82 Å². The van der Waals surface area contributed by atoms with Crippen LogP contribution in [0.5, 0.6) is 0 Å². The Morgan fingerprint density at radius 1 is 1.10 bits per heavy atom. The van der Waals surface area contributed by atoms with Crippen molar-refractivity contribution in [2.75, 3.05) is 17.2 Å². The number of hydrogen-bond acceptors (Lipinski definition) is 3. The van der Waals surface area contributed by atoms with Gasteiger partial charge < -0.3 is 10.6 Å². The molecule has 1 aromatic carbocycles. The van der Waals surface area contributed by atoms with Gasteiger partial charge in [-0.15, -0.1) is 0 Å². The molecule has 0 saturated heterocycles. The van der Waals surface area contributed by atoms with Gasteiger partial charge in [0.2, 0.25) is 0 Å². The number of nitrogens with one attached hydrogen (secondary N) is 2. The largest absolute Gasteiger partial charge is 0.369 e. The Morgan fingerprint density at radius 3 is 2.50 bits per heavy atom. The van der Waals surface area contributed by atoms with Crippen molar-refractivity contribution in [2.24, 2.45) is 0 Å². The Morgan fingerprint density at radius 2 is 1.80 bits per heavy atom. The molecule has 7 heteroatoms. The minimum absolute atomic E-state index is 0.0204. The van der Waals surface area contributed by atoms with Crippen molar-refractivity contribution in [1.29, 1.82) is 0 Å². The van der Waals surface area contributed by atoms with Gasteiger partial charge in [0.15, 0.2) is 11.6 Å². The maximum absolute atomic E-state index is 13.8. The van der Waals surface area contributed by atoms with E-state index >= 15 is 0 Å². The average molecular weight is 335 g/mol. The Balaban J connectivity index is 2.38. The first-order valence-corrected chi connectivity index (χ1v) is 6.97. The van der Waals surface area contributed by atoms with Crippen LogP contribution in [0.25, 0.3) is 0 Å². The molecule has 0 aliphatic rings. The normalized spacial score (nSPS) is 10.4. The van der Waals surface area contributed by atoms with Crippen LogP contribution in [0, 0.1) is 5.82 Å². The van der Waals surface area contributed by atoms with Crippen molar-refractivity contribution in [3.63, 3.8) is 0 Å². The third-order valence-corrected chi connectivity index (χ3v) is 3.35. The molecule has 1 aromatic heterocycles. The highest BCUT2D eigenvalue weighted by Crippen LogP contribution is 2.32. The average Bonchev–Trinajstić information content (AvgIpc) is 2.40. The minimum atomic E-state index is -0.563.